The van der Waals surface area contributed by atoms with E-state index in [9.17, 15) is 31.1 Å². The maximum Gasteiger partial charge on any atom is 0.453 e. The average molecular weight is 540 g/mol. The van der Waals surface area contributed by atoms with Crippen molar-refractivity contribution >= 4 is 6.29 Å². The number of aliphatic hydroxyl groups excluding tert-OH is 1. The third kappa shape index (κ3) is 6.62. The van der Waals surface area contributed by atoms with Crippen LogP contribution in [0, 0.1) is 0 Å². The van der Waals surface area contributed by atoms with Gasteiger partial charge in [0.15, 0.2) is 11.6 Å². The molecular weight excluding hydrogens is 518 g/mol. The van der Waals surface area contributed by atoms with Crippen molar-refractivity contribution in [3.63, 3.8) is 0 Å². The summed E-state index contributed by atoms with van der Waals surface area (Å²) >= 11 is 0. The Hall–Kier alpha value is -4.07. The first kappa shape index (κ1) is 28.5. The van der Waals surface area contributed by atoms with Gasteiger partial charge in [-0.2, -0.15) is 26.3 Å². The molecule has 0 amide bonds. The van der Waals surface area contributed by atoms with Crippen LogP contribution in [0.25, 0.3) is 22.8 Å². The largest absolute Gasteiger partial charge is 0.453 e. The molecule has 14 heteroatoms. The summed E-state index contributed by atoms with van der Waals surface area (Å²) in [5, 5.41) is 15.8. The average Bonchev–Trinajstić information content (AvgIpc) is 3.54. The fourth-order valence-electron chi connectivity index (χ4n) is 3.26. The second-order valence-electron chi connectivity index (χ2n) is 7.74. The van der Waals surface area contributed by atoms with E-state index in [4.69, 9.17) is 5.11 Å². The SMILES string of the molecule is CCn1nc(C(F)(F)F)nc1-c1ccc(C=O)cc1.CCn1nc(C(F)(F)F)nc1-c1ccc(CO)cc1. The van der Waals surface area contributed by atoms with Crippen LogP contribution < -0.4 is 0 Å². The van der Waals surface area contributed by atoms with Gasteiger partial charge >= 0.3 is 12.4 Å². The third-order valence-corrected chi connectivity index (χ3v) is 5.15. The van der Waals surface area contributed by atoms with Crippen LogP contribution in [0.15, 0.2) is 48.5 Å². The van der Waals surface area contributed by atoms with Crippen molar-refractivity contribution < 1.29 is 36.2 Å². The van der Waals surface area contributed by atoms with Gasteiger partial charge in [0.05, 0.1) is 6.61 Å². The van der Waals surface area contributed by atoms with E-state index in [1.54, 1.807) is 50.2 Å². The van der Waals surface area contributed by atoms with Gasteiger partial charge in [-0.15, -0.1) is 10.2 Å². The number of aryl methyl sites for hydroxylation is 2. The molecule has 0 atom stereocenters. The van der Waals surface area contributed by atoms with Crippen LogP contribution in [-0.2, 0) is 32.0 Å². The Labute approximate surface area is 212 Å². The predicted octanol–water partition coefficient (Wildman–Crippen LogP) is 5.27. The first-order valence-electron chi connectivity index (χ1n) is 11.2. The van der Waals surface area contributed by atoms with Gasteiger partial charge in [0, 0.05) is 29.8 Å². The summed E-state index contributed by atoms with van der Waals surface area (Å²) in [6.07, 6.45) is -8.46. The minimum atomic E-state index is -4.57. The highest BCUT2D eigenvalue weighted by Crippen LogP contribution is 2.30. The first-order chi connectivity index (χ1) is 17.9. The molecule has 0 aliphatic carbocycles. The Morgan fingerprint density at radius 3 is 1.45 bits per heavy atom. The van der Waals surface area contributed by atoms with Crippen molar-refractivity contribution in [2.75, 3.05) is 0 Å². The van der Waals surface area contributed by atoms with Crippen LogP contribution in [0.1, 0.15) is 41.4 Å². The molecule has 202 valence electrons. The van der Waals surface area contributed by atoms with Gasteiger partial charge < -0.3 is 5.11 Å². The maximum absolute atomic E-state index is 12.6. The van der Waals surface area contributed by atoms with Gasteiger partial charge in [0.25, 0.3) is 11.6 Å². The fourth-order valence-corrected chi connectivity index (χ4v) is 3.26. The quantitative estimate of drug-likeness (QED) is 0.264. The lowest BCUT2D eigenvalue weighted by Gasteiger charge is -2.03. The highest BCUT2D eigenvalue weighted by atomic mass is 19.4. The van der Waals surface area contributed by atoms with Gasteiger partial charge in [-0.05, 0) is 19.4 Å². The summed E-state index contributed by atoms with van der Waals surface area (Å²) in [6.45, 7) is 3.82. The number of aromatic nitrogens is 6. The molecule has 0 aliphatic heterocycles. The summed E-state index contributed by atoms with van der Waals surface area (Å²) in [5.74, 6) is -2.01. The van der Waals surface area contributed by atoms with Gasteiger partial charge in [0.2, 0.25) is 0 Å². The van der Waals surface area contributed by atoms with Crippen molar-refractivity contribution in [3.05, 3.63) is 71.3 Å². The molecule has 0 spiro atoms. The topological polar surface area (TPSA) is 98.7 Å². The normalized spacial score (nSPS) is 11.7. The van der Waals surface area contributed by atoms with Crippen LogP contribution in [0.3, 0.4) is 0 Å². The van der Waals surface area contributed by atoms with Crippen molar-refractivity contribution in [1.29, 1.82) is 0 Å². The van der Waals surface area contributed by atoms with Crippen LogP contribution in [-0.4, -0.2) is 40.9 Å². The van der Waals surface area contributed by atoms with Gasteiger partial charge in [-0.1, -0.05) is 48.5 Å². The van der Waals surface area contributed by atoms with E-state index in [2.05, 4.69) is 20.2 Å². The smallest absolute Gasteiger partial charge is 0.392 e. The molecule has 0 saturated carbocycles. The molecule has 4 rings (SSSR count). The van der Waals surface area contributed by atoms with E-state index in [-0.39, 0.29) is 24.8 Å². The van der Waals surface area contributed by atoms with Gasteiger partial charge in [0.1, 0.15) is 6.29 Å². The Balaban J connectivity index is 0.000000211. The van der Waals surface area contributed by atoms with E-state index >= 15 is 0 Å². The monoisotopic (exact) mass is 540 g/mol. The molecule has 38 heavy (non-hydrogen) atoms. The standard InChI is InChI=1S/C12H12F3N3O.C12H10F3N3O/c2*1-2-18-10(16-11(17-18)12(13,14)15)9-5-3-8(7-19)4-6-9/h3-6,19H,2,7H2,1H3;3-7H,2H2,1H3. The zero-order valence-corrected chi connectivity index (χ0v) is 20.1. The lowest BCUT2D eigenvalue weighted by atomic mass is 10.1. The number of aliphatic hydroxyl groups is 1. The van der Waals surface area contributed by atoms with Crippen LogP contribution in [0.5, 0.6) is 0 Å². The molecule has 8 nitrogen and oxygen atoms in total. The van der Waals surface area contributed by atoms with E-state index in [0.717, 1.165) is 0 Å². The van der Waals surface area contributed by atoms with Crippen LogP contribution in [0.2, 0.25) is 0 Å². The lowest BCUT2D eigenvalue weighted by Crippen LogP contribution is -2.08. The number of aldehydes is 1. The number of alkyl halides is 6. The molecule has 0 bridgehead atoms. The molecule has 1 N–H and O–H groups in total. The number of benzene rings is 2. The highest BCUT2D eigenvalue weighted by Gasteiger charge is 2.38. The van der Waals surface area contributed by atoms with Gasteiger partial charge in [-0.25, -0.2) is 19.3 Å². The minimum absolute atomic E-state index is 0.117. The molecule has 2 aromatic heterocycles. The number of halogens is 6. The summed E-state index contributed by atoms with van der Waals surface area (Å²) in [6, 6.07) is 12.6. The number of nitrogens with zero attached hydrogens (tertiary/aromatic N) is 6. The molecule has 2 aromatic carbocycles. The molecule has 4 aromatic rings. The third-order valence-electron chi connectivity index (χ3n) is 5.15. The number of rotatable bonds is 6. The first-order valence-corrected chi connectivity index (χ1v) is 11.2. The van der Waals surface area contributed by atoms with Crippen molar-refractivity contribution in [2.45, 2.75) is 45.9 Å². The van der Waals surface area contributed by atoms with Crippen molar-refractivity contribution in [1.82, 2.24) is 29.5 Å². The van der Waals surface area contributed by atoms with E-state index < -0.39 is 24.0 Å². The summed E-state index contributed by atoms with van der Waals surface area (Å²) < 4.78 is 77.8. The second kappa shape index (κ2) is 11.5. The molecule has 0 saturated heterocycles. The highest BCUT2D eigenvalue weighted by molar-refractivity contribution is 5.76. The second-order valence-corrected chi connectivity index (χ2v) is 7.74. The zero-order chi connectivity index (χ0) is 28.1. The Kier molecular flexibility index (Phi) is 8.66. The van der Waals surface area contributed by atoms with Crippen LogP contribution >= 0.6 is 0 Å². The molecule has 0 fully saturated rings. The van der Waals surface area contributed by atoms with E-state index in [1.807, 2.05) is 0 Å². The summed E-state index contributed by atoms with van der Waals surface area (Å²) in [7, 11) is 0. The fraction of sp³-hybridized carbons (Fsp3) is 0.292. The molecular formula is C24H22F6N6O2. The van der Waals surface area contributed by atoms with Crippen LogP contribution in [0.4, 0.5) is 26.3 Å². The summed E-state index contributed by atoms with van der Waals surface area (Å²) in [5.41, 5.74) is 2.14. The van der Waals surface area contributed by atoms with Crippen molar-refractivity contribution in [3.8, 4) is 22.8 Å². The Bertz CT molecular complexity index is 1360. The maximum atomic E-state index is 12.6. The molecule has 0 unspecified atom stereocenters. The summed E-state index contributed by atoms with van der Waals surface area (Å²) in [4.78, 5) is 17.6. The van der Waals surface area contributed by atoms with E-state index in [0.29, 0.717) is 35.1 Å². The van der Waals surface area contributed by atoms with Crippen molar-refractivity contribution in [2.24, 2.45) is 0 Å². The number of hydrogen-bond donors (Lipinski definition) is 1. The lowest BCUT2D eigenvalue weighted by molar-refractivity contribution is -0.145. The number of carbonyl (C=O) groups is 1. The molecule has 0 radical (unpaired) electrons. The predicted molar refractivity (Wildman–Crippen MR) is 124 cm³/mol. The molecule has 0 aliphatic rings. The molecule has 2 heterocycles. The Morgan fingerprint density at radius 2 is 1.13 bits per heavy atom. The van der Waals surface area contributed by atoms with Gasteiger partial charge in [-0.3, -0.25) is 4.79 Å². The number of carbonyl (C=O) groups excluding carboxylic acids is 1. The number of hydrogen-bond acceptors (Lipinski definition) is 6. The minimum Gasteiger partial charge on any atom is -0.392 e. The Morgan fingerprint density at radius 1 is 0.737 bits per heavy atom. The zero-order valence-electron chi connectivity index (χ0n) is 20.1. The van der Waals surface area contributed by atoms with E-state index in [1.165, 1.54) is 21.5 Å².